The Morgan fingerprint density at radius 1 is 1.42 bits per heavy atom. The molecule has 0 fully saturated rings. The highest BCUT2D eigenvalue weighted by atomic mass is 35.5. The molecule has 0 aliphatic rings. The van der Waals surface area contributed by atoms with Gasteiger partial charge in [-0.1, -0.05) is 6.07 Å². The topological polar surface area (TPSA) is 97.5 Å². The molecule has 1 amide bonds. The summed E-state index contributed by atoms with van der Waals surface area (Å²) < 4.78 is 42.9. The fourth-order valence-electron chi connectivity index (χ4n) is 1.82. The van der Waals surface area contributed by atoms with Crippen LogP contribution in [0.5, 0.6) is 5.75 Å². The third-order valence-electron chi connectivity index (χ3n) is 3.06. The number of aliphatic hydroxyl groups excluding tert-OH is 1. The largest absolute Gasteiger partial charge is 0.491 e. The number of ether oxygens (including phenoxy) is 1. The molecule has 2 aromatic rings. The van der Waals surface area contributed by atoms with E-state index in [0.717, 1.165) is 12.1 Å². The summed E-state index contributed by atoms with van der Waals surface area (Å²) in [5.41, 5.74) is 4.76. The van der Waals surface area contributed by atoms with Crippen LogP contribution < -0.4 is 15.8 Å². The zero-order chi connectivity index (χ0) is 18.4. The number of nitrogens with one attached hydrogen (secondary N) is 1. The van der Waals surface area contributed by atoms with E-state index in [1.807, 2.05) is 0 Å². The minimum atomic E-state index is -4.47. The standard InChI is InChI=1S/C15H16F3N3O3S.ClH/c16-15(17,18)9-2-1-3-11(4-9)24-7-10(22)6-20-14(23)12-8-25-13(5-19)21-12;/h1-4,8,10,22H,5-7,19H2,(H,20,23);1H. The van der Waals surface area contributed by atoms with Crippen molar-refractivity contribution in [2.24, 2.45) is 5.73 Å². The number of nitrogens with zero attached hydrogens (tertiary/aromatic N) is 1. The first-order valence-corrected chi connectivity index (χ1v) is 8.08. The van der Waals surface area contributed by atoms with E-state index < -0.39 is 23.8 Å². The molecule has 144 valence electrons. The van der Waals surface area contributed by atoms with Crippen LogP contribution in [0.15, 0.2) is 29.6 Å². The maximum atomic E-state index is 12.6. The van der Waals surface area contributed by atoms with Crippen molar-refractivity contribution in [2.75, 3.05) is 13.2 Å². The summed E-state index contributed by atoms with van der Waals surface area (Å²) in [5, 5.41) is 14.4. The van der Waals surface area contributed by atoms with Crippen molar-refractivity contribution in [3.8, 4) is 5.75 Å². The van der Waals surface area contributed by atoms with Crippen molar-refractivity contribution in [2.45, 2.75) is 18.8 Å². The maximum Gasteiger partial charge on any atom is 0.416 e. The highest BCUT2D eigenvalue weighted by molar-refractivity contribution is 7.09. The molecule has 1 aromatic carbocycles. The third kappa shape index (κ3) is 6.45. The van der Waals surface area contributed by atoms with Crippen molar-refractivity contribution in [3.05, 3.63) is 45.9 Å². The van der Waals surface area contributed by atoms with Gasteiger partial charge in [0.25, 0.3) is 5.91 Å². The van der Waals surface area contributed by atoms with E-state index in [1.165, 1.54) is 23.5 Å². The molecule has 0 aliphatic heterocycles. The molecule has 1 atom stereocenters. The lowest BCUT2D eigenvalue weighted by molar-refractivity contribution is -0.137. The number of aliphatic hydroxyl groups is 1. The Balaban J connectivity index is 0.00000338. The lowest BCUT2D eigenvalue weighted by atomic mass is 10.2. The van der Waals surface area contributed by atoms with Gasteiger partial charge in [-0.05, 0) is 18.2 Å². The molecular weight excluding hydrogens is 395 g/mol. The Bertz CT molecular complexity index is 727. The lowest BCUT2D eigenvalue weighted by Crippen LogP contribution is -2.35. The number of halogens is 4. The van der Waals surface area contributed by atoms with Crippen molar-refractivity contribution in [1.82, 2.24) is 10.3 Å². The second-order valence-electron chi connectivity index (χ2n) is 5.03. The van der Waals surface area contributed by atoms with Gasteiger partial charge < -0.3 is 20.9 Å². The molecule has 6 nitrogen and oxygen atoms in total. The number of carbonyl (C=O) groups is 1. The molecule has 2 rings (SSSR count). The summed E-state index contributed by atoms with van der Waals surface area (Å²) in [6, 6.07) is 4.33. The summed E-state index contributed by atoms with van der Waals surface area (Å²) in [7, 11) is 0. The molecule has 1 unspecified atom stereocenters. The zero-order valence-electron chi connectivity index (χ0n) is 13.3. The quantitative estimate of drug-likeness (QED) is 0.649. The second-order valence-corrected chi connectivity index (χ2v) is 5.97. The second kappa shape index (κ2) is 9.72. The Hall–Kier alpha value is -1.88. The van der Waals surface area contributed by atoms with Crippen LogP contribution in [0, 0.1) is 0 Å². The highest BCUT2D eigenvalue weighted by Gasteiger charge is 2.30. The van der Waals surface area contributed by atoms with Gasteiger partial charge in [-0.2, -0.15) is 13.2 Å². The molecule has 11 heteroatoms. The molecule has 0 aliphatic carbocycles. The number of thiazole rings is 1. The first-order valence-electron chi connectivity index (χ1n) is 7.20. The number of amides is 1. The number of hydrogen-bond donors (Lipinski definition) is 3. The molecular formula is C15H17ClF3N3O3S. The predicted octanol–water partition coefficient (Wildman–Crippen LogP) is 2.21. The first kappa shape index (κ1) is 22.2. The van der Waals surface area contributed by atoms with E-state index in [4.69, 9.17) is 10.5 Å². The summed E-state index contributed by atoms with van der Waals surface area (Å²) in [6.07, 6.45) is -5.56. The van der Waals surface area contributed by atoms with Gasteiger partial charge in [-0.25, -0.2) is 4.98 Å². The van der Waals surface area contributed by atoms with Gasteiger partial charge in [-0.15, -0.1) is 23.7 Å². The molecule has 0 radical (unpaired) electrons. The Labute approximate surface area is 157 Å². The fourth-order valence-corrected chi connectivity index (χ4v) is 2.48. The monoisotopic (exact) mass is 411 g/mol. The highest BCUT2D eigenvalue weighted by Crippen LogP contribution is 2.31. The van der Waals surface area contributed by atoms with E-state index in [2.05, 4.69) is 10.3 Å². The van der Waals surface area contributed by atoms with Crippen molar-refractivity contribution >= 4 is 29.7 Å². The summed E-state index contributed by atoms with van der Waals surface area (Å²) in [6.45, 7) is -0.175. The number of hydrogen-bond acceptors (Lipinski definition) is 6. The van der Waals surface area contributed by atoms with E-state index in [0.29, 0.717) is 5.01 Å². The van der Waals surface area contributed by atoms with Gasteiger partial charge in [0, 0.05) is 18.5 Å². The van der Waals surface area contributed by atoms with E-state index in [1.54, 1.807) is 5.38 Å². The number of aromatic nitrogens is 1. The number of rotatable bonds is 7. The molecule has 0 spiro atoms. The van der Waals surface area contributed by atoms with Gasteiger partial charge in [0.2, 0.25) is 0 Å². The van der Waals surface area contributed by atoms with Crippen LogP contribution in [0.4, 0.5) is 13.2 Å². The number of nitrogens with two attached hydrogens (primary N) is 1. The smallest absolute Gasteiger partial charge is 0.416 e. The average Bonchev–Trinajstić information content (AvgIpc) is 3.06. The van der Waals surface area contributed by atoms with Gasteiger partial charge in [0.1, 0.15) is 29.2 Å². The molecule has 1 heterocycles. The van der Waals surface area contributed by atoms with Gasteiger partial charge in [0.15, 0.2) is 0 Å². The Morgan fingerprint density at radius 3 is 2.77 bits per heavy atom. The summed E-state index contributed by atoms with van der Waals surface area (Å²) in [5.74, 6) is -0.499. The fraction of sp³-hybridized carbons (Fsp3) is 0.333. The molecule has 26 heavy (non-hydrogen) atoms. The van der Waals surface area contributed by atoms with E-state index in [9.17, 15) is 23.1 Å². The first-order chi connectivity index (χ1) is 11.8. The molecule has 0 saturated heterocycles. The van der Waals surface area contributed by atoms with E-state index >= 15 is 0 Å². The maximum absolute atomic E-state index is 12.6. The number of benzene rings is 1. The van der Waals surface area contributed by atoms with Crippen molar-refractivity contribution < 1.29 is 27.8 Å². The zero-order valence-corrected chi connectivity index (χ0v) is 15.0. The molecule has 1 aromatic heterocycles. The Morgan fingerprint density at radius 2 is 2.15 bits per heavy atom. The van der Waals surface area contributed by atoms with Gasteiger partial charge in [-0.3, -0.25) is 4.79 Å². The lowest BCUT2D eigenvalue weighted by Gasteiger charge is -2.14. The van der Waals surface area contributed by atoms with E-state index in [-0.39, 0.29) is 43.5 Å². The van der Waals surface area contributed by atoms with Gasteiger partial charge >= 0.3 is 6.18 Å². The van der Waals surface area contributed by atoms with Crippen LogP contribution in [0.3, 0.4) is 0 Å². The van der Waals surface area contributed by atoms with Crippen molar-refractivity contribution in [3.63, 3.8) is 0 Å². The minimum absolute atomic E-state index is 0. The average molecular weight is 412 g/mol. The molecule has 0 saturated carbocycles. The third-order valence-corrected chi connectivity index (χ3v) is 3.93. The van der Waals surface area contributed by atoms with Gasteiger partial charge in [0.05, 0.1) is 5.56 Å². The number of carbonyl (C=O) groups excluding carboxylic acids is 1. The Kier molecular flexibility index (Phi) is 8.28. The molecule has 4 N–H and O–H groups in total. The SMILES string of the molecule is Cl.NCc1nc(C(=O)NCC(O)COc2cccc(C(F)(F)F)c2)cs1. The predicted molar refractivity (Wildman–Crippen MR) is 92.5 cm³/mol. The summed E-state index contributed by atoms with van der Waals surface area (Å²) in [4.78, 5) is 15.8. The summed E-state index contributed by atoms with van der Waals surface area (Å²) >= 11 is 1.25. The number of alkyl halides is 3. The van der Waals surface area contributed by atoms with Crippen LogP contribution in [0.1, 0.15) is 21.1 Å². The van der Waals surface area contributed by atoms with Crippen LogP contribution in [0.2, 0.25) is 0 Å². The minimum Gasteiger partial charge on any atom is -0.491 e. The van der Waals surface area contributed by atoms with Crippen LogP contribution in [0.25, 0.3) is 0 Å². The van der Waals surface area contributed by atoms with Crippen molar-refractivity contribution in [1.29, 1.82) is 0 Å². The molecule has 0 bridgehead atoms. The van der Waals surface area contributed by atoms with Crippen LogP contribution in [-0.2, 0) is 12.7 Å². The van der Waals surface area contributed by atoms with Crippen LogP contribution in [-0.4, -0.2) is 35.3 Å². The van der Waals surface area contributed by atoms with Crippen LogP contribution >= 0.6 is 23.7 Å². The normalized spacial score (nSPS) is 12.2.